The molecule has 0 spiro atoms. The van der Waals surface area contributed by atoms with Crippen molar-refractivity contribution in [1.82, 2.24) is 10.3 Å². The standard InChI is InChI=1S/C11H13F3N4O3.2ClH/c12-11(13,14)6-21-10-2-1-7(4-17-10)18-9(20)5-16-8(19)3-15;;/h1-2,4H,3,5-6,15H2,(H,16,19)(H,18,20);2*1H. The first-order valence-electron chi connectivity index (χ1n) is 5.72. The van der Waals surface area contributed by atoms with Gasteiger partial charge in [0.15, 0.2) is 6.61 Å². The lowest BCUT2D eigenvalue weighted by atomic mass is 10.4. The van der Waals surface area contributed by atoms with Crippen LogP contribution < -0.4 is 21.1 Å². The highest BCUT2D eigenvalue weighted by atomic mass is 35.5. The third-order valence-corrected chi connectivity index (χ3v) is 2.04. The number of carbonyl (C=O) groups excluding carboxylic acids is 2. The molecule has 0 saturated heterocycles. The van der Waals surface area contributed by atoms with Crippen molar-refractivity contribution in [3.8, 4) is 5.88 Å². The maximum atomic E-state index is 11.9. The van der Waals surface area contributed by atoms with Gasteiger partial charge >= 0.3 is 6.18 Å². The van der Waals surface area contributed by atoms with Crippen LogP contribution in [0, 0.1) is 0 Å². The van der Waals surface area contributed by atoms with Gasteiger partial charge in [-0.05, 0) is 6.07 Å². The lowest BCUT2D eigenvalue weighted by molar-refractivity contribution is -0.154. The second-order valence-electron chi connectivity index (χ2n) is 3.82. The van der Waals surface area contributed by atoms with Gasteiger partial charge in [-0.25, -0.2) is 4.98 Å². The summed E-state index contributed by atoms with van der Waals surface area (Å²) in [6.45, 7) is -1.96. The Morgan fingerprint density at radius 3 is 2.35 bits per heavy atom. The summed E-state index contributed by atoms with van der Waals surface area (Å²) in [7, 11) is 0. The lowest BCUT2D eigenvalue weighted by Gasteiger charge is -2.09. The Balaban J connectivity index is 0. The number of nitrogens with one attached hydrogen (secondary N) is 2. The molecule has 0 aliphatic heterocycles. The summed E-state index contributed by atoms with van der Waals surface area (Å²) < 4.78 is 40.2. The van der Waals surface area contributed by atoms with E-state index >= 15 is 0 Å². The summed E-state index contributed by atoms with van der Waals surface area (Å²) in [6, 6.07) is 2.50. The van der Waals surface area contributed by atoms with Crippen LogP contribution in [-0.2, 0) is 9.59 Å². The molecule has 0 radical (unpaired) electrons. The van der Waals surface area contributed by atoms with E-state index in [1.807, 2.05) is 0 Å². The fraction of sp³-hybridized carbons (Fsp3) is 0.364. The number of amides is 2. The molecule has 1 rings (SSSR count). The van der Waals surface area contributed by atoms with Crippen molar-refractivity contribution in [3.63, 3.8) is 0 Å². The number of alkyl halides is 3. The molecule has 0 aliphatic rings. The highest BCUT2D eigenvalue weighted by Gasteiger charge is 2.28. The number of rotatable bonds is 6. The second-order valence-corrected chi connectivity index (χ2v) is 3.82. The molecule has 1 aromatic heterocycles. The average molecular weight is 379 g/mol. The molecule has 0 aromatic carbocycles. The van der Waals surface area contributed by atoms with Crippen LogP contribution in [0.25, 0.3) is 0 Å². The van der Waals surface area contributed by atoms with Crippen LogP contribution in [0.1, 0.15) is 0 Å². The summed E-state index contributed by atoms with van der Waals surface area (Å²) in [6.07, 6.45) is -3.32. The quantitative estimate of drug-likeness (QED) is 0.681. The summed E-state index contributed by atoms with van der Waals surface area (Å²) in [5.41, 5.74) is 5.29. The van der Waals surface area contributed by atoms with E-state index in [-0.39, 0.29) is 49.5 Å². The molecule has 1 heterocycles. The number of hydrogen-bond donors (Lipinski definition) is 3. The van der Waals surface area contributed by atoms with Gasteiger partial charge in [-0.3, -0.25) is 9.59 Å². The number of nitrogens with zero attached hydrogens (tertiary/aromatic N) is 1. The van der Waals surface area contributed by atoms with Crippen molar-refractivity contribution < 1.29 is 27.5 Å². The Morgan fingerprint density at radius 2 is 1.87 bits per heavy atom. The number of halogens is 5. The first-order valence-corrected chi connectivity index (χ1v) is 5.72. The van der Waals surface area contributed by atoms with Crippen LogP contribution in [0.4, 0.5) is 18.9 Å². The predicted molar refractivity (Wildman–Crippen MR) is 81.0 cm³/mol. The molecule has 0 bridgehead atoms. The number of carbonyl (C=O) groups is 2. The van der Waals surface area contributed by atoms with Crippen molar-refractivity contribution in [1.29, 1.82) is 0 Å². The molecule has 132 valence electrons. The molecule has 1 aromatic rings. The van der Waals surface area contributed by atoms with Crippen molar-refractivity contribution in [2.24, 2.45) is 5.73 Å². The van der Waals surface area contributed by atoms with Crippen LogP contribution in [0.2, 0.25) is 0 Å². The van der Waals surface area contributed by atoms with Crippen LogP contribution >= 0.6 is 24.8 Å². The Bertz CT molecular complexity index is 500. The number of anilines is 1. The maximum Gasteiger partial charge on any atom is 0.422 e. The summed E-state index contributed by atoms with van der Waals surface area (Å²) in [4.78, 5) is 25.8. The van der Waals surface area contributed by atoms with E-state index < -0.39 is 24.6 Å². The molecule has 4 N–H and O–H groups in total. The van der Waals surface area contributed by atoms with E-state index in [1.165, 1.54) is 12.1 Å². The van der Waals surface area contributed by atoms with Gasteiger partial charge in [-0.1, -0.05) is 0 Å². The molecule has 12 heteroatoms. The number of aromatic nitrogens is 1. The van der Waals surface area contributed by atoms with E-state index in [9.17, 15) is 22.8 Å². The van der Waals surface area contributed by atoms with Crippen molar-refractivity contribution in [3.05, 3.63) is 18.3 Å². The first-order chi connectivity index (χ1) is 9.80. The Labute approximate surface area is 142 Å². The second kappa shape index (κ2) is 10.9. The SMILES string of the molecule is Cl.Cl.NCC(=O)NCC(=O)Nc1ccc(OCC(F)(F)F)nc1. The summed E-state index contributed by atoms with van der Waals surface area (Å²) >= 11 is 0. The minimum atomic E-state index is -4.45. The number of nitrogens with two attached hydrogens (primary N) is 1. The van der Waals surface area contributed by atoms with Crippen LogP contribution in [0.5, 0.6) is 5.88 Å². The van der Waals surface area contributed by atoms with Gasteiger partial charge < -0.3 is 21.1 Å². The Morgan fingerprint density at radius 1 is 1.22 bits per heavy atom. The van der Waals surface area contributed by atoms with E-state index in [2.05, 4.69) is 20.4 Å². The highest BCUT2D eigenvalue weighted by Crippen LogP contribution is 2.17. The van der Waals surface area contributed by atoms with Gasteiger partial charge in [0, 0.05) is 6.07 Å². The van der Waals surface area contributed by atoms with Gasteiger partial charge in [0.05, 0.1) is 25.0 Å². The average Bonchev–Trinajstić information content (AvgIpc) is 2.43. The van der Waals surface area contributed by atoms with Crippen molar-refractivity contribution in [2.45, 2.75) is 6.18 Å². The molecule has 23 heavy (non-hydrogen) atoms. The van der Waals surface area contributed by atoms with E-state index in [4.69, 9.17) is 5.73 Å². The van der Waals surface area contributed by atoms with E-state index in [0.29, 0.717) is 0 Å². The fourth-order valence-electron chi connectivity index (χ4n) is 1.15. The molecular weight excluding hydrogens is 364 g/mol. The summed E-state index contributed by atoms with van der Waals surface area (Å²) in [5, 5.41) is 4.64. The zero-order valence-electron chi connectivity index (χ0n) is 11.6. The number of pyridine rings is 1. The Kier molecular flexibility index (Phi) is 11.1. The summed E-state index contributed by atoms with van der Waals surface area (Å²) in [5.74, 6) is -1.23. The van der Waals surface area contributed by atoms with Crippen LogP contribution in [0.15, 0.2) is 18.3 Å². The van der Waals surface area contributed by atoms with Gasteiger partial charge in [-0.2, -0.15) is 13.2 Å². The largest absolute Gasteiger partial charge is 0.468 e. The van der Waals surface area contributed by atoms with Crippen molar-refractivity contribution >= 4 is 42.3 Å². The minimum absolute atomic E-state index is 0. The molecule has 0 unspecified atom stereocenters. The first kappa shape index (κ1) is 23.5. The third-order valence-electron chi connectivity index (χ3n) is 2.04. The molecule has 7 nitrogen and oxygen atoms in total. The zero-order valence-corrected chi connectivity index (χ0v) is 13.2. The molecule has 0 fully saturated rings. The van der Waals surface area contributed by atoms with E-state index in [1.54, 1.807) is 0 Å². The van der Waals surface area contributed by atoms with E-state index in [0.717, 1.165) is 6.20 Å². The van der Waals surface area contributed by atoms with Gasteiger partial charge in [0.1, 0.15) is 0 Å². The maximum absolute atomic E-state index is 11.9. The highest BCUT2D eigenvalue weighted by molar-refractivity contribution is 5.94. The fourth-order valence-corrected chi connectivity index (χ4v) is 1.15. The van der Waals surface area contributed by atoms with Crippen molar-refractivity contribution in [2.75, 3.05) is 25.0 Å². The third kappa shape index (κ3) is 10.6. The lowest BCUT2D eigenvalue weighted by Crippen LogP contribution is -2.36. The predicted octanol–water partition coefficient (Wildman–Crippen LogP) is 0.880. The number of hydrogen-bond acceptors (Lipinski definition) is 5. The molecule has 2 amide bonds. The monoisotopic (exact) mass is 378 g/mol. The molecule has 0 aliphatic carbocycles. The zero-order chi connectivity index (χ0) is 15.9. The molecule has 0 atom stereocenters. The van der Waals surface area contributed by atoms with Gasteiger partial charge in [0.25, 0.3) is 0 Å². The molecular formula is C11H15Cl2F3N4O3. The van der Waals surface area contributed by atoms with Crippen LogP contribution in [-0.4, -0.2) is 42.7 Å². The minimum Gasteiger partial charge on any atom is -0.468 e. The smallest absolute Gasteiger partial charge is 0.422 e. The topological polar surface area (TPSA) is 106 Å². The van der Waals surface area contributed by atoms with Gasteiger partial charge in [0.2, 0.25) is 17.7 Å². The van der Waals surface area contributed by atoms with Crippen LogP contribution in [0.3, 0.4) is 0 Å². The molecule has 0 saturated carbocycles. The van der Waals surface area contributed by atoms with Gasteiger partial charge in [-0.15, -0.1) is 24.8 Å². The normalized spacial score (nSPS) is 9.91. The Hall–Kier alpha value is -1.78. The number of ether oxygens (including phenoxy) is 1.